The van der Waals surface area contributed by atoms with Gasteiger partial charge >= 0.3 is 0 Å². The quantitative estimate of drug-likeness (QED) is 0.703. The van der Waals surface area contributed by atoms with Crippen molar-refractivity contribution in [1.82, 2.24) is 0 Å². The van der Waals surface area contributed by atoms with E-state index in [2.05, 4.69) is 4.18 Å². The Morgan fingerprint density at radius 2 is 2.33 bits per heavy atom. The van der Waals surface area contributed by atoms with Gasteiger partial charge in [-0.05, 0) is 18.4 Å². The Balaban J connectivity index is 2.63. The van der Waals surface area contributed by atoms with E-state index in [4.69, 9.17) is 0 Å². The summed E-state index contributed by atoms with van der Waals surface area (Å²) in [4.78, 5) is 0.809. The van der Waals surface area contributed by atoms with Crippen LogP contribution in [0.4, 0.5) is 0 Å². The predicted octanol–water partition coefficient (Wildman–Crippen LogP) is 1.61. The van der Waals surface area contributed by atoms with Gasteiger partial charge in [0.1, 0.15) is 5.75 Å². The highest BCUT2D eigenvalue weighted by molar-refractivity contribution is 7.86. The van der Waals surface area contributed by atoms with Gasteiger partial charge in [0.2, 0.25) is 0 Å². The summed E-state index contributed by atoms with van der Waals surface area (Å²) in [5.41, 5.74) is 0. The fourth-order valence-electron chi connectivity index (χ4n) is 0.790. The Kier molecular flexibility index (Phi) is 3.25. The summed E-state index contributed by atoms with van der Waals surface area (Å²) in [6, 6.07) is 3.60. The van der Waals surface area contributed by atoms with Crippen molar-refractivity contribution in [3.63, 3.8) is 0 Å². The third-order valence-electron chi connectivity index (χ3n) is 1.20. The molecule has 0 aliphatic carbocycles. The first kappa shape index (κ1) is 9.70. The molecular formula is C7H10O3S2. The predicted molar refractivity (Wildman–Crippen MR) is 48.6 cm³/mol. The van der Waals surface area contributed by atoms with Crippen LogP contribution in [0.1, 0.15) is 11.8 Å². The van der Waals surface area contributed by atoms with Gasteiger partial charge in [-0.3, -0.25) is 4.18 Å². The maximum atomic E-state index is 11.1. The minimum absolute atomic E-state index is 0.0154. The molecular weight excluding hydrogens is 196 g/mol. The van der Waals surface area contributed by atoms with Gasteiger partial charge in [0, 0.05) is 4.88 Å². The van der Waals surface area contributed by atoms with E-state index < -0.39 is 10.1 Å². The van der Waals surface area contributed by atoms with Gasteiger partial charge < -0.3 is 0 Å². The van der Waals surface area contributed by atoms with Crippen LogP contribution >= 0.6 is 11.3 Å². The minimum Gasteiger partial charge on any atom is -0.270 e. The zero-order valence-corrected chi connectivity index (χ0v) is 8.32. The average Bonchev–Trinajstić information content (AvgIpc) is 2.38. The van der Waals surface area contributed by atoms with Gasteiger partial charge in [-0.25, -0.2) is 0 Å². The fourth-order valence-corrected chi connectivity index (χ4v) is 2.87. The maximum absolute atomic E-state index is 11.1. The second-order valence-corrected chi connectivity index (χ2v) is 4.86. The first-order valence-corrected chi connectivity index (χ1v) is 5.99. The molecule has 0 unspecified atom stereocenters. The summed E-state index contributed by atoms with van der Waals surface area (Å²) in [5.74, 6) is -0.0154. The van der Waals surface area contributed by atoms with Crippen molar-refractivity contribution in [3.05, 3.63) is 22.4 Å². The Bertz CT molecular complexity index is 312. The van der Waals surface area contributed by atoms with Crippen molar-refractivity contribution >= 4 is 21.5 Å². The lowest BCUT2D eigenvalue weighted by Gasteiger charge is -1.99. The molecule has 0 N–H and O–H groups in total. The van der Waals surface area contributed by atoms with Crippen LogP contribution in [-0.2, 0) is 20.1 Å². The van der Waals surface area contributed by atoms with Crippen LogP contribution in [0.25, 0.3) is 0 Å². The summed E-state index contributed by atoms with van der Waals surface area (Å²) in [7, 11) is -3.34. The van der Waals surface area contributed by atoms with Crippen LogP contribution < -0.4 is 0 Å². The summed E-state index contributed by atoms with van der Waals surface area (Å²) < 4.78 is 26.7. The molecule has 0 aromatic carbocycles. The minimum atomic E-state index is -3.34. The molecule has 5 heteroatoms. The molecule has 0 aliphatic heterocycles. The zero-order valence-electron chi connectivity index (χ0n) is 6.69. The van der Waals surface area contributed by atoms with Crippen LogP contribution in [0, 0.1) is 0 Å². The van der Waals surface area contributed by atoms with Crippen molar-refractivity contribution in [3.8, 4) is 0 Å². The van der Waals surface area contributed by atoms with E-state index in [1.807, 2.05) is 11.4 Å². The van der Waals surface area contributed by atoms with Crippen molar-refractivity contribution in [1.29, 1.82) is 0 Å². The summed E-state index contributed by atoms with van der Waals surface area (Å²) in [6.45, 7) is 1.86. The molecule has 1 aromatic rings. The van der Waals surface area contributed by atoms with E-state index in [0.717, 1.165) is 4.88 Å². The van der Waals surface area contributed by atoms with Crippen molar-refractivity contribution in [2.75, 3.05) is 6.61 Å². The standard InChI is InChI=1S/C7H10O3S2/c1-2-10-12(8,9)6-7-4-3-5-11-7/h3-5H,2,6H2,1H3. The molecule has 1 rings (SSSR count). The number of thiophene rings is 1. The fraction of sp³-hybridized carbons (Fsp3) is 0.429. The number of hydrogen-bond donors (Lipinski definition) is 0. The number of hydrogen-bond acceptors (Lipinski definition) is 4. The molecule has 0 spiro atoms. The van der Waals surface area contributed by atoms with Crippen LogP contribution in [0.15, 0.2) is 17.5 Å². The summed E-state index contributed by atoms with van der Waals surface area (Å²) >= 11 is 1.42. The largest absolute Gasteiger partial charge is 0.272 e. The highest BCUT2D eigenvalue weighted by Crippen LogP contribution is 2.13. The van der Waals surface area contributed by atoms with Gasteiger partial charge in [0.25, 0.3) is 10.1 Å². The second-order valence-electron chi connectivity index (χ2n) is 2.19. The highest BCUT2D eigenvalue weighted by Gasteiger charge is 2.11. The third kappa shape index (κ3) is 2.92. The van der Waals surface area contributed by atoms with E-state index in [-0.39, 0.29) is 12.4 Å². The Hall–Kier alpha value is -0.390. The van der Waals surface area contributed by atoms with Crippen molar-refractivity contribution < 1.29 is 12.6 Å². The molecule has 0 aliphatic rings. The molecule has 0 atom stereocenters. The molecule has 1 heterocycles. The lowest BCUT2D eigenvalue weighted by atomic mass is 10.5. The molecule has 12 heavy (non-hydrogen) atoms. The van der Waals surface area contributed by atoms with Crippen LogP contribution in [0.5, 0.6) is 0 Å². The smallest absolute Gasteiger partial charge is 0.270 e. The molecule has 0 fully saturated rings. The Labute approximate surface area is 76.1 Å². The first-order valence-electron chi connectivity index (χ1n) is 3.53. The molecule has 0 radical (unpaired) electrons. The SMILES string of the molecule is CCOS(=O)(=O)Cc1cccs1. The third-order valence-corrected chi connectivity index (χ3v) is 3.52. The van der Waals surface area contributed by atoms with E-state index in [9.17, 15) is 8.42 Å². The average molecular weight is 206 g/mol. The van der Waals surface area contributed by atoms with Crippen LogP contribution in [0.2, 0.25) is 0 Å². The van der Waals surface area contributed by atoms with E-state index >= 15 is 0 Å². The van der Waals surface area contributed by atoms with Gasteiger partial charge in [-0.1, -0.05) is 6.07 Å². The van der Waals surface area contributed by atoms with E-state index in [1.165, 1.54) is 11.3 Å². The van der Waals surface area contributed by atoms with Crippen LogP contribution in [0.3, 0.4) is 0 Å². The highest BCUT2D eigenvalue weighted by atomic mass is 32.2. The lowest BCUT2D eigenvalue weighted by molar-refractivity contribution is 0.337. The molecule has 0 amide bonds. The molecule has 0 bridgehead atoms. The molecule has 1 aromatic heterocycles. The van der Waals surface area contributed by atoms with E-state index in [0.29, 0.717) is 0 Å². The van der Waals surface area contributed by atoms with E-state index in [1.54, 1.807) is 13.0 Å². The van der Waals surface area contributed by atoms with Gasteiger partial charge in [0.15, 0.2) is 0 Å². The molecule has 0 saturated heterocycles. The molecule has 68 valence electrons. The Morgan fingerprint density at radius 1 is 1.58 bits per heavy atom. The molecule has 0 saturated carbocycles. The van der Waals surface area contributed by atoms with Crippen LogP contribution in [-0.4, -0.2) is 15.0 Å². The lowest BCUT2D eigenvalue weighted by Crippen LogP contribution is -2.07. The first-order chi connectivity index (χ1) is 5.64. The van der Waals surface area contributed by atoms with Gasteiger partial charge in [-0.2, -0.15) is 8.42 Å². The van der Waals surface area contributed by atoms with Crippen molar-refractivity contribution in [2.24, 2.45) is 0 Å². The normalized spacial score (nSPS) is 11.8. The van der Waals surface area contributed by atoms with Gasteiger partial charge in [0.05, 0.1) is 6.61 Å². The topological polar surface area (TPSA) is 43.4 Å². The number of rotatable bonds is 4. The maximum Gasteiger partial charge on any atom is 0.272 e. The van der Waals surface area contributed by atoms with Gasteiger partial charge in [-0.15, -0.1) is 11.3 Å². The second kappa shape index (κ2) is 4.02. The Morgan fingerprint density at radius 3 is 2.83 bits per heavy atom. The summed E-state index contributed by atoms with van der Waals surface area (Å²) in [5, 5.41) is 1.84. The summed E-state index contributed by atoms with van der Waals surface area (Å²) in [6.07, 6.45) is 0. The molecule has 3 nitrogen and oxygen atoms in total. The zero-order chi connectivity index (χ0) is 9.03. The van der Waals surface area contributed by atoms with Crippen molar-refractivity contribution in [2.45, 2.75) is 12.7 Å². The monoisotopic (exact) mass is 206 g/mol.